The Morgan fingerprint density at radius 1 is 1.44 bits per heavy atom. The van der Waals surface area contributed by atoms with Crippen LogP contribution in [-0.2, 0) is 9.53 Å². The van der Waals surface area contributed by atoms with Gasteiger partial charge in [0.25, 0.3) is 0 Å². The quantitative estimate of drug-likeness (QED) is 0.688. The predicted octanol–water partition coefficient (Wildman–Crippen LogP) is 2.45. The van der Waals surface area contributed by atoms with Crippen molar-refractivity contribution in [2.75, 3.05) is 19.7 Å². The molecule has 2 heterocycles. The Bertz CT molecular complexity index is 234. The lowest BCUT2D eigenvalue weighted by atomic mass is 9.79. The van der Waals surface area contributed by atoms with Crippen molar-refractivity contribution in [1.82, 2.24) is 4.90 Å². The average Bonchev–Trinajstić information content (AvgIpc) is 2.28. The van der Waals surface area contributed by atoms with E-state index in [0.29, 0.717) is 0 Å². The summed E-state index contributed by atoms with van der Waals surface area (Å²) in [6, 6.07) is 0. The van der Waals surface area contributed by atoms with E-state index in [-0.39, 0.29) is 11.5 Å². The third-order valence-electron chi connectivity index (χ3n) is 3.58. The number of amides is 1. The molecule has 2 saturated heterocycles. The van der Waals surface area contributed by atoms with Crippen LogP contribution in [0.2, 0.25) is 0 Å². The zero-order valence-corrected chi connectivity index (χ0v) is 11.1. The van der Waals surface area contributed by atoms with Gasteiger partial charge in [0, 0.05) is 13.5 Å². The lowest BCUT2D eigenvalue weighted by Crippen LogP contribution is -2.66. The SMILES string of the molecule is CC.CCC1CCOC2(C1)CN(C(C)=O)C2. The van der Waals surface area contributed by atoms with E-state index < -0.39 is 0 Å². The lowest BCUT2D eigenvalue weighted by Gasteiger charge is -2.53. The van der Waals surface area contributed by atoms with Crippen LogP contribution in [0.25, 0.3) is 0 Å². The molecule has 2 fully saturated rings. The van der Waals surface area contributed by atoms with E-state index in [0.717, 1.165) is 32.0 Å². The molecule has 0 aromatic rings. The summed E-state index contributed by atoms with van der Waals surface area (Å²) >= 11 is 0. The minimum atomic E-state index is 0.0323. The third kappa shape index (κ3) is 2.76. The van der Waals surface area contributed by atoms with Crippen LogP contribution in [0, 0.1) is 5.92 Å². The summed E-state index contributed by atoms with van der Waals surface area (Å²) in [5.41, 5.74) is 0.0323. The van der Waals surface area contributed by atoms with E-state index in [1.54, 1.807) is 6.92 Å². The first-order chi connectivity index (χ1) is 7.65. The van der Waals surface area contributed by atoms with Crippen molar-refractivity contribution >= 4 is 5.91 Å². The van der Waals surface area contributed by atoms with Gasteiger partial charge in [-0.25, -0.2) is 0 Å². The summed E-state index contributed by atoms with van der Waals surface area (Å²) in [5.74, 6) is 0.982. The van der Waals surface area contributed by atoms with Gasteiger partial charge >= 0.3 is 0 Å². The molecule has 1 amide bonds. The van der Waals surface area contributed by atoms with E-state index in [9.17, 15) is 4.79 Å². The molecule has 0 N–H and O–H groups in total. The number of ether oxygens (including phenoxy) is 1. The Balaban J connectivity index is 0.000000606. The van der Waals surface area contributed by atoms with Crippen molar-refractivity contribution in [3.05, 3.63) is 0 Å². The fraction of sp³-hybridized carbons (Fsp3) is 0.923. The second-order valence-electron chi connectivity index (χ2n) is 4.67. The van der Waals surface area contributed by atoms with E-state index in [2.05, 4.69) is 6.92 Å². The molecule has 1 unspecified atom stereocenters. The summed E-state index contributed by atoms with van der Waals surface area (Å²) in [7, 11) is 0. The van der Waals surface area contributed by atoms with Crippen LogP contribution in [0.15, 0.2) is 0 Å². The molecule has 2 aliphatic rings. The first kappa shape index (κ1) is 13.5. The Kier molecular flexibility index (Phi) is 4.78. The monoisotopic (exact) mass is 227 g/mol. The molecule has 16 heavy (non-hydrogen) atoms. The zero-order chi connectivity index (χ0) is 12.2. The minimum Gasteiger partial charge on any atom is -0.371 e. The average molecular weight is 227 g/mol. The van der Waals surface area contributed by atoms with Crippen LogP contribution >= 0.6 is 0 Å². The number of carbonyl (C=O) groups is 1. The van der Waals surface area contributed by atoms with Crippen LogP contribution < -0.4 is 0 Å². The Morgan fingerprint density at radius 2 is 2.06 bits per heavy atom. The van der Waals surface area contributed by atoms with Crippen LogP contribution in [0.3, 0.4) is 0 Å². The topological polar surface area (TPSA) is 29.5 Å². The lowest BCUT2D eigenvalue weighted by molar-refractivity contribution is -0.187. The highest BCUT2D eigenvalue weighted by Crippen LogP contribution is 2.37. The first-order valence-electron chi connectivity index (χ1n) is 6.55. The van der Waals surface area contributed by atoms with Gasteiger partial charge in [-0.15, -0.1) is 0 Å². The van der Waals surface area contributed by atoms with Crippen LogP contribution in [-0.4, -0.2) is 36.1 Å². The summed E-state index contributed by atoms with van der Waals surface area (Å²) in [6.07, 6.45) is 3.58. The van der Waals surface area contributed by atoms with Gasteiger partial charge in [0.15, 0.2) is 0 Å². The number of rotatable bonds is 1. The van der Waals surface area contributed by atoms with Gasteiger partial charge in [0.2, 0.25) is 5.91 Å². The third-order valence-corrected chi connectivity index (χ3v) is 3.58. The van der Waals surface area contributed by atoms with Gasteiger partial charge in [0.1, 0.15) is 5.60 Å². The van der Waals surface area contributed by atoms with E-state index in [4.69, 9.17) is 4.74 Å². The molecule has 0 aliphatic carbocycles. The fourth-order valence-corrected chi connectivity index (χ4v) is 2.57. The maximum absolute atomic E-state index is 11.1. The summed E-state index contributed by atoms with van der Waals surface area (Å²) in [4.78, 5) is 12.9. The second kappa shape index (κ2) is 5.67. The van der Waals surface area contributed by atoms with Gasteiger partial charge in [-0.1, -0.05) is 27.2 Å². The predicted molar refractivity (Wildman–Crippen MR) is 65.3 cm³/mol. The molecule has 1 spiro atoms. The Morgan fingerprint density at radius 3 is 2.56 bits per heavy atom. The van der Waals surface area contributed by atoms with E-state index in [1.165, 1.54) is 12.8 Å². The first-order valence-corrected chi connectivity index (χ1v) is 6.55. The number of likely N-dealkylation sites (tertiary alicyclic amines) is 1. The minimum absolute atomic E-state index is 0.0323. The molecular formula is C13H25NO2. The fourth-order valence-electron chi connectivity index (χ4n) is 2.57. The summed E-state index contributed by atoms with van der Waals surface area (Å²) < 4.78 is 5.82. The number of carbonyl (C=O) groups excluding carboxylic acids is 1. The highest BCUT2D eigenvalue weighted by molar-refractivity contribution is 5.74. The van der Waals surface area contributed by atoms with Crippen molar-refractivity contribution in [1.29, 1.82) is 0 Å². The number of hydrogen-bond donors (Lipinski definition) is 0. The molecule has 2 rings (SSSR count). The smallest absolute Gasteiger partial charge is 0.219 e. The molecule has 1 atom stereocenters. The molecule has 0 bridgehead atoms. The van der Waals surface area contributed by atoms with Crippen molar-refractivity contribution in [2.45, 2.75) is 52.6 Å². The van der Waals surface area contributed by atoms with Gasteiger partial charge in [-0.2, -0.15) is 0 Å². The maximum atomic E-state index is 11.1. The molecular weight excluding hydrogens is 202 g/mol. The molecule has 3 nitrogen and oxygen atoms in total. The van der Waals surface area contributed by atoms with Crippen molar-refractivity contribution in [3.8, 4) is 0 Å². The van der Waals surface area contributed by atoms with Crippen molar-refractivity contribution < 1.29 is 9.53 Å². The Labute approximate surface area is 99.1 Å². The molecule has 0 saturated carbocycles. The number of hydrogen-bond acceptors (Lipinski definition) is 2. The van der Waals surface area contributed by atoms with E-state index >= 15 is 0 Å². The van der Waals surface area contributed by atoms with Gasteiger partial charge < -0.3 is 9.64 Å². The van der Waals surface area contributed by atoms with Gasteiger partial charge in [0.05, 0.1) is 13.1 Å². The maximum Gasteiger partial charge on any atom is 0.219 e. The highest BCUT2D eigenvalue weighted by Gasteiger charge is 2.47. The van der Waals surface area contributed by atoms with E-state index in [1.807, 2.05) is 18.7 Å². The largest absolute Gasteiger partial charge is 0.371 e. The summed E-state index contributed by atoms with van der Waals surface area (Å²) in [6.45, 7) is 10.4. The normalized spacial score (nSPS) is 26.8. The van der Waals surface area contributed by atoms with Crippen LogP contribution in [0.5, 0.6) is 0 Å². The molecule has 0 radical (unpaired) electrons. The zero-order valence-electron chi connectivity index (χ0n) is 11.1. The number of nitrogens with zero attached hydrogens (tertiary/aromatic N) is 1. The van der Waals surface area contributed by atoms with Crippen molar-refractivity contribution in [2.24, 2.45) is 5.92 Å². The highest BCUT2D eigenvalue weighted by atomic mass is 16.5. The molecule has 0 aromatic heterocycles. The second-order valence-corrected chi connectivity index (χ2v) is 4.67. The van der Waals surface area contributed by atoms with Crippen LogP contribution in [0.1, 0.15) is 47.0 Å². The molecule has 94 valence electrons. The summed E-state index contributed by atoms with van der Waals surface area (Å²) in [5, 5.41) is 0. The van der Waals surface area contributed by atoms with Gasteiger partial charge in [-0.3, -0.25) is 4.79 Å². The van der Waals surface area contributed by atoms with Crippen molar-refractivity contribution in [3.63, 3.8) is 0 Å². The molecule has 0 aromatic carbocycles. The standard InChI is InChI=1S/C11H19NO2.C2H6/c1-3-10-4-5-14-11(6-10)7-12(8-11)9(2)13;1-2/h10H,3-8H2,1-2H3;1-2H3. The van der Waals surface area contributed by atoms with Gasteiger partial charge in [-0.05, 0) is 18.8 Å². The van der Waals surface area contributed by atoms with Crippen LogP contribution in [0.4, 0.5) is 0 Å². The molecule has 3 heteroatoms. The molecule has 2 aliphatic heterocycles. The Hall–Kier alpha value is -0.570.